The van der Waals surface area contributed by atoms with Crippen molar-refractivity contribution in [3.05, 3.63) is 29.8 Å². The highest BCUT2D eigenvalue weighted by Crippen LogP contribution is 2.19. The highest BCUT2D eigenvalue weighted by atomic mass is 32.2. The second-order valence-corrected chi connectivity index (χ2v) is 3.69. The topological polar surface area (TPSA) is 86.4 Å². The van der Waals surface area contributed by atoms with Gasteiger partial charge in [-0.15, -0.1) is 0 Å². The van der Waals surface area contributed by atoms with Crippen molar-refractivity contribution in [1.82, 2.24) is 0 Å². The van der Waals surface area contributed by atoms with Crippen molar-refractivity contribution in [2.45, 2.75) is 5.25 Å². The predicted octanol–water partition coefficient (Wildman–Crippen LogP) is 0.181. The SMILES string of the molecule is Nc1cccc(C(CO)S(=O)[O-])c1. The summed E-state index contributed by atoms with van der Waals surface area (Å²) >= 11 is -2.32. The molecule has 13 heavy (non-hydrogen) atoms. The van der Waals surface area contributed by atoms with E-state index >= 15 is 0 Å². The van der Waals surface area contributed by atoms with Gasteiger partial charge >= 0.3 is 0 Å². The van der Waals surface area contributed by atoms with E-state index in [1.165, 1.54) is 6.07 Å². The molecular weight excluding hydrogens is 190 g/mol. The van der Waals surface area contributed by atoms with Crippen LogP contribution in [0, 0.1) is 0 Å². The summed E-state index contributed by atoms with van der Waals surface area (Å²) in [5, 5.41) is 7.92. The summed E-state index contributed by atoms with van der Waals surface area (Å²) in [6.45, 7) is -0.431. The molecule has 72 valence electrons. The van der Waals surface area contributed by atoms with Crippen molar-refractivity contribution < 1.29 is 13.9 Å². The number of hydrogen-bond acceptors (Lipinski definition) is 4. The van der Waals surface area contributed by atoms with Gasteiger partial charge in [-0.25, -0.2) is 0 Å². The predicted molar refractivity (Wildman–Crippen MR) is 49.6 cm³/mol. The number of nitrogens with two attached hydrogens (primary N) is 1. The molecule has 1 aromatic carbocycles. The molecule has 0 aliphatic heterocycles. The summed E-state index contributed by atoms with van der Waals surface area (Å²) in [5.41, 5.74) is 6.47. The summed E-state index contributed by atoms with van der Waals surface area (Å²) in [6.07, 6.45) is 0. The molecule has 0 spiro atoms. The van der Waals surface area contributed by atoms with Crippen molar-refractivity contribution in [3.8, 4) is 0 Å². The smallest absolute Gasteiger partial charge is 0.0696 e. The molecule has 3 N–H and O–H groups in total. The van der Waals surface area contributed by atoms with E-state index in [9.17, 15) is 8.76 Å². The van der Waals surface area contributed by atoms with Gasteiger partial charge in [0.05, 0.1) is 11.9 Å². The van der Waals surface area contributed by atoms with E-state index in [-0.39, 0.29) is 0 Å². The molecule has 0 aliphatic rings. The van der Waals surface area contributed by atoms with Crippen LogP contribution < -0.4 is 5.73 Å². The lowest BCUT2D eigenvalue weighted by molar-refractivity contribution is 0.289. The normalized spacial score (nSPS) is 15.2. The molecule has 1 aromatic rings. The zero-order valence-corrected chi connectivity index (χ0v) is 7.66. The van der Waals surface area contributed by atoms with Crippen molar-refractivity contribution >= 4 is 16.8 Å². The monoisotopic (exact) mass is 200 g/mol. The van der Waals surface area contributed by atoms with Crippen LogP contribution in [0.25, 0.3) is 0 Å². The van der Waals surface area contributed by atoms with Gasteiger partial charge in [-0.1, -0.05) is 12.1 Å². The number of benzene rings is 1. The first-order chi connectivity index (χ1) is 6.15. The zero-order chi connectivity index (χ0) is 9.84. The first-order valence-electron chi connectivity index (χ1n) is 3.69. The molecule has 1 rings (SSSR count). The van der Waals surface area contributed by atoms with E-state index in [1.54, 1.807) is 18.2 Å². The first-order valence-corrected chi connectivity index (χ1v) is 4.83. The molecule has 0 bridgehead atoms. The van der Waals surface area contributed by atoms with E-state index < -0.39 is 22.9 Å². The Morgan fingerprint density at radius 1 is 1.62 bits per heavy atom. The third-order valence-corrected chi connectivity index (χ3v) is 2.57. The standard InChI is InChI=1S/C8H11NO3S/c9-7-3-1-2-6(4-7)8(5-10)13(11)12/h1-4,8,10H,5,9H2,(H,11,12)/p-1. The maximum Gasteiger partial charge on any atom is 0.0696 e. The average molecular weight is 200 g/mol. The van der Waals surface area contributed by atoms with Crippen LogP contribution in [0.3, 0.4) is 0 Å². The van der Waals surface area contributed by atoms with E-state index in [4.69, 9.17) is 10.8 Å². The molecule has 2 atom stereocenters. The summed E-state index contributed by atoms with van der Waals surface area (Å²) in [5.74, 6) is 0. The van der Waals surface area contributed by atoms with Crippen LogP contribution in [0.5, 0.6) is 0 Å². The van der Waals surface area contributed by atoms with Crippen LogP contribution in [-0.4, -0.2) is 20.5 Å². The highest BCUT2D eigenvalue weighted by molar-refractivity contribution is 7.79. The first kappa shape index (κ1) is 10.2. The van der Waals surface area contributed by atoms with Gasteiger partial charge in [-0.2, -0.15) is 0 Å². The fourth-order valence-corrected chi connectivity index (χ4v) is 1.53. The fraction of sp³-hybridized carbons (Fsp3) is 0.250. The molecule has 0 heterocycles. The lowest BCUT2D eigenvalue weighted by Crippen LogP contribution is -2.10. The highest BCUT2D eigenvalue weighted by Gasteiger charge is 2.10. The Morgan fingerprint density at radius 3 is 2.77 bits per heavy atom. The Balaban J connectivity index is 2.98. The molecule has 2 unspecified atom stereocenters. The minimum atomic E-state index is -2.32. The molecular formula is C8H10NO3S-. The van der Waals surface area contributed by atoms with Gasteiger partial charge in [0.25, 0.3) is 0 Å². The Morgan fingerprint density at radius 2 is 2.31 bits per heavy atom. The largest absolute Gasteiger partial charge is 0.772 e. The van der Waals surface area contributed by atoms with Crippen LogP contribution in [0.1, 0.15) is 10.8 Å². The second-order valence-electron chi connectivity index (χ2n) is 2.60. The van der Waals surface area contributed by atoms with Crippen LogP contribution in [-0.2, 0) is 11.1 Å². The van der Waals surface area contributed by atoms with E-state index in [0.717, 1.165) is 0 Å². The maximum atomic E-state index is 10.6. The van der Waals surface area contributed by atoms with Gasteiger partial charge in [0.2, 0.25) is 0 Å². The Bertz CT molecular complexity index is 316. The fourth-order valence-electron chi connectivity index (χ4n) is 1.04. The van der Waals surface area contributed by atoms with Gasteiger partial charge in [0.1, 0.15) is 0 Å². The van der Waals surface area contributed by atoms with Gasteiger partial charge < -0.3 is 15.4 Å². The number of anilines is 1. The summed E-state index contributed by atoms with van der Waals surface area (Å²) < 4.78 is 21.3. The van der Waals surface area contributed by atoms with Gasteiger partial charge in [-0.3, -0.25) is 4.21 Å². The second kappa shape index (κ2) is 4.36. The Kier molecular flexibility index (Phi) is 3.41. The number of aliphatic hydroxyl groups is 1. The minimum Gasteiger partial charge on any atom is -0.772 e. The Labute approximate surface area is 78.7 Å². The summed E-state index contributed by atoms with van der Waals surface area (Å²) in [7, 11) is 0. The summed E-state index contributed by atoms with van der Waals surface area (Å²) in [4.78, 5) is 0. The third-order valence-electron chi connectivity index (χ3n) is 1.68. The van der Waals surface area contributed by atoms with E-state index in [1.807, 2.05) is 0 Å². The van der Waals surface area contributed by atoms with Crippen LogP contribution in [0.15, 0.2) is 24.3 Å². The van der Waals surface area contributed by atoms with Gasteiger partial charge in [0.15, 0.2) is 0 Å². The number of nitrogen functional groups attached to an aromatic ring is 1. The van der Waals surface area contributed by atoms with Crippen LogP contribution >= 0.6 is 0 Å². The molecule has 0 saturated carbocycles. The lowest BCUT2D eigenvalue weighted by atomic mass is 10.1. The van der Waals surface area contributed by atoms with Crippen molar-refractivity contribution in [2.24, 2.45) is 0 Å². The molecule has 0 fully saturated rings. The molecule has 0 aliphatic carbocycles. The summed E-state index contributed by atoms with van der Waals surface area (Å²) in [6, 6.07) is 6.47. The zero-order valence-electron chi connectivity index (χ0n) is 6.84. The van der Waals surface area contributed by atoms with Crippen LogP contribution in [0.2, 0.25) is 0 Å². The molecule has 0 saturated heterocycles. The quantitative estimate of drug-likeness (QED) is 0.538. The van der Waals surface area contributed by atoms with Gasteiger partial charge in [-0.05, 0) is 28.8 Å². The lowest BCUT2D eigenvalue weighted by Gasteiger charge is -2.17. The molecule has 0 radical (unpaired) electrons. The van der Waals surface area contributed by atoms with Gasteiger partial charge in [0, 0.05) is 5.69 Å². The molecule has 0 amide bonds. The van der Waals surface area contributed by atoms with Crippen molar-refractivity contribution in [3.63, 3.8) is 0 Å². The number of hydrogen-bond donors (Lipinski definition) is 2. The molecule has 4 nitrogen and oxygen atoms in total. The minimum absolute atomic E-state index is 0.431. The van der Waals surface area contributed by atoms with Crippen LogP contribution in [0.4, 0.5) is 5.69 Å². The third kappa shape index (κ3) is 2.51. The number of rotatable bonds is 3. The van der Waals surface area contributed by atoms with E-state index in [2.05, 4.69) is 0 Å². The Hall–Kier alpha value is -0.910. The maximum absolute atomic E-state index is 10.6. The van der Waals surface area contributed by atoms with Crippen molar-refractivity contribution in [1.29, 1.82) is 0 Å². The average Bonchev–Trinajstić information content (AvgIpc) is 2.04. The van der Waals surface area contributed by atoms with Crippen molar-refractivity contribution in [2.75, 3.05) is 12.3 Å². The molecule has 0 aromatic heterocycles. The molecule has 5 heteroatoms. The number of aliphatic hydroxyl groups excluding tert-OH is 1. The van der Waals surface area contributed by atoms with E-state index in [0.29, 0.717) is 11.3 Å².